The van der Waals surface area contributed by atoms with E-state index in [0.29, 0.717) is 17.5 Å². The van der Waals surface area contributed by atoms with Crippen LogP contribution >= 0.6 is 11.3 Å². The molecule has 1 amide bonds. The lowest BCUT2D eigenvalue weighted by molar-refractivity contribution is 0.0217. The number of nitrogens with one attached hydrogen (secondary N) is 1. The van der Waals surface area contributed by atoms with Crippen molar-refractivity contribution in [1.29, 1.82) is 0 Å². The highest BCUT2D eigenvalue weighted by molar-refractivity contribution is 7.11. The Balaban J connectivity index is 1.41. The number of thiophene rings is 1. The second kappa shape index (κ2) is 6.57. The van der Waals surface area contributed by atoms with E-state index in [1.165, 1.54) is 25.9 Å². The molecule has 0 spiro atoms. The minimum atomic E-state index is 0.0169. The van der Waals surface area contributed by atoms with Crippen LogP contribution in [-0.4, -0.2) is 36.0 Å². The number of ether oxygens (including phenoxy) is 1. The molecule has 0 saturated carbocycles. The van der Waals surface area contributed by atoms with Gasteiger partial charge in [-0.1, -0.05) is 0 Å². The monoisotopic (exact) mass is 342 g/mol. The summed E-state index contributed by atoms with van der Waals surface area (Å²) >= 11 is 1.55. The summed E-state index contributed by atoms with van der Waals surface area (Å²) in [4.78, 5) is 15.1. The molecule has 1 aromatic heterocycles. The van der Waals surface area contributed by atoms with Crippen LogP contribution in [0.3, 0.4) is 0 Å². The normalized spacial score (nSPS) is 28.5. The van der Waals surface area contributed by atoms with Crippen molar-refractivity contribution < 1.29 is 9.53 Å². The molecule has 4 nitrogen and oxygen atoms in total. The molecule has 3 aliphatic rings. The van der Waals surface area contributed by atoms with Gasteiger partial charge in [-0.2, -0.15) is 0 Å². The van der Waals surface area contributed by atoms with Crippen molar-refractivity contribution in [2.75, 3.05) is 13.1 Å². The van der Waals surface area contributed by atoms with Crippen molar-refractivity contribution >= 4 is 17.2 Å². The summed E-state index contributed by atoms with van der Waals surface area (Å²) in [5, 5.41) is 6.10. The van der Waals surface area contributed by atoms with Gasteiger partial charge < -0.3 is 10.1 Å². The van der Waals surface area contributed by atoms with E-state index in [0.717, 1.165) is 10.8 Å². The molecule has 2 bridgehead atoms. The summed E-state index contributed by atoms with van der Waals surface area (Å²) in [6.07, 6.45) is 2.39. The number of piperidine rings is 3. The Morgan fingerprint density at radius 1 is 1.21 bits per heavy atom. The number of fused-ring (bicyclic) bond motifs is 3. The Hall–Kier alpha value is -1.85. The Labute approximate surface area is 146 Å². The zero-order chi connectivity index (χ0) is 16.5. The van der Waals surface area contributed by atoms with Crippen LogP contribution in [0, 0.1) is 5.92 Å². The maximum Gasteiger partial charge on any atom is 0.251 e. The van der Waals surface area contributed by atoms with E-state index < -0.39 is 0 Å². The SMILES string of the molecule is C[C@@H]1[C@H](NC(=O)c2ccc(Oc3cccs3)cc2)C2CCN1CC2. The van der Waals surface area contributed by atoms with Gasteiger partial charge in [-0.15, -0.1) is 11.3 Å². The Kier molecular flexibility index (Phi) is 4.29. The molecule has 3 saturated heterocycles. The Morgan fingerprint density at radius 3 is 2.58 bits per heavy atom. The van der Waals surface area contributed by atoms with Crippen LogP contribution in [0.25, 0.3) is 0 Å². The molecule has 0 radical (unpaired) electrons. The van der Waals surface area contributed by atoms with E-state index >= 15 is 0 Å². The van der Waals surface area contributed by atoms with Gasteiger partial charge >= 0.3 is 0 Å². The van der Waals surface area contributed by atoms with Crippen LogP contribution in [0.5, 0.6) is 10.8 Å². The average molecular weight is 342 g/mol. The van der Waals surface area contributed by atoms with Gasteiger partial charge in [0.25, 0.3) is 5.91 Å². The molecule has 2 aromatic rings. The van der Waals surface area contributed by atoms with Crippen LogP contribution in [0.15, 0.2) is 41.8 Å². The number of hydrogen-bond acceptors (Lipinski definition) is 4. The maximum atomic E-state index is 12.6. The molecule has 126 valence electrons. The quantitative estimate of drug-likeness (QED) is 0.920. The summed E-state index contributed by atoms with van der Waals surface area (Å²) in [6.45, 7) is 4.58. The molecule has 2 atom stereocenters. The standard InChI is InChI=1S/C19H22N2O2S/c1-13-18(14-8-10-21(13)11-9-14)20-19(22)15-4-6-16(7-5-15)23-17-3-2-12-24-17/h2-7,12-14,18H,8-11H2,1H3,(H,20,22)/t13-,18+/m1/s1. The van der Waals surface area contributed by atoms with Gasteiger partial charge in [-0.3, -0.25) is 9.69 Å². The lowest BCUT2D eigenvalue weighted by atomic mass is 9.79. The summed E-state index contributed by atoms with van der Waals surface area (Å²) in [5.41, 5.74) is 0.692. The molecule has 3 aliphatic heterocycles. The maximum absolute atomic E-state index is 12.6. The largest absolute Gasteiger partial charge is 0.447 e. The van der Waals surface area contributed by atoms with E-state index in [1.54, 1.807) is 11.3 Å². The summed E-state index contributed by atoms with van der Waals surface area (Å²) in [7, 11) is 0. The van der Waals surface area contributed by atoms with Crippen LogP contribution in [-0.2, 0) is 0 Å². The second-order valence-electron chi connectivity index (χ2n) is 6.67. The molecule has 5 heteroatoms. The van der Waals surface area contributed by atoms with Crippen LogP contribution < -0.4 is 10.1 Å². The topological polar surface area (TPSA) is 41.6 Å². The van der Waals surface area contributed by atoms with E-state index in [4.69, 9.17) is 4.74 Å². The van der Waals surface area contributed by atoms with Gasteiger partial charge in [-0.05, 0) is 80.6 Å². The van der Waals surface area contributed by atoms with Gasteiger partial charge in [0.15, 0.2) is 5.06 Å². The first-order chi connectivity index (χ1) is 11.7. The summed E-state index contributed by atoms with van der Waals surface area (Å²) < 4.78 is 5.74. The highest BCUT2D eigenvalue weighted by atomic mass is 32.1. The van der Waals surface area contributed by atoms with Crippen molar-refractivity contribution in [3.05, 3.63) is 47.3 Å². The first-order valence-electron chi connectivity index (χ1n) is 8.57. The molecule has 1 aromatic carbocycles. The van der Waals surface area contributed by atoms with Gasteiger partial charge in [-0.25, -0.2) is 0 Å². The zero-order valence-electron chi connectivity index (χ0n) is 13.8. The molecular formula is C19H22N2O2S. The van der Waals surface area contributed by atoms with Gasteiger partial charge in [0.1, 0.15) is 5.75 Å². The van der Waals surface area contributed by atoms with Crippen molar-refractivity contribution in [3.8, 4) is 10.8 Å². The molecule has 0 unspecified atom stereocenters. The summed E-state index contributed by atoms with van der Waals surface area (Å²) in [6, 6.07) is 12.0. The van der Waals surface area contributed by atoms with Crippen LogP contribution in [0.4, 0.5) is 0 Å². The molecule has 5 rings (SSSR count). The number of benzene rings is 1. The molecule has 0 aliphatic carbocycles. The average Bonchev–Trinajstić information content (AvgIpc) is 3.12. The highest BCUT2D eigenvalue weighted by Gasteiger charge is 2.40. The lowest BCUT2D eigenvalue weighted by Gasteiger charge is -2.49. The molecule has 3 fully saturated rings. The third-order valence-electron chi connectivity index (χ3n) is 5.31. The number of carbonyl (C=O) groups excluding carboxylic acids is 1. The minimum Gasteiger partial charge on any atom is -0.447 e. The number of rotatable bonds is 4. The minimum absolute atomic E-state index is 0.0169. The zero-order valence-corrected chi connectivity index (χ0v) is 14.6. The summed E-state index contributed by atoms with van der Waals surface area (Å²) in [5.74, 6) is 1.39. The van der Waals surface area contributed by atoms with Crippen LogP contribution in [0.1, 0.15) is 30.1 Å². The fourth-order valence-corrected chi connectivity index (χ4v) is 4.48. The predicted molar refractivity (Wildman–Crippen MR) is 95.8 cm³/mol. The first-order valence-corrected chi connectivity index (χ1v) is 9.45. The van der Waals surface area contributed by atoms with Crippen molar-refractivity contribution in [2.24, 2.45) is 5.92 Å². The lowest BCUT2D eigenvalue weighted by Crippen LogP contribution is -2.62. The molecule has 1 N–H and O–H groups in total. The van der Waals surface area contributed by atoms with Gasteiger partial charge in [0, 0.05) is 17.6 Å². The highest BCUT2D eigenvalue weighted by Crippen LogP contribution is 2.32. The van der Waals surface area contributed by atoms with E-state index in [2.05, 4.69) is 17.1 Å². The van der Waals surface area contributed by atoms with E-state index in [-0.39, 0.29) is 11.9 Å². The first kappa shape index (κ1) is 15.7. The fraction of sp³-hybridized carbons (Fsp3) is 0.421. The number of carbonyl (C=O) groups is 1. The van der Waals surface area contributed by atoms with Gasteiger partial charge in [0.05, 0.1) is 0 Å². The van der Waals surface area contributed by atoms with Crippen molar-refractivity contribution in [1.82, 2.24) is 10.2 Å². The van der Waals surface area contributed by atoms with E-state index in [1.807, 2.05) is 41.8 Å². The Bertz CT molecular complexity index is 689. The van der Waals surface area contributed by atoms with Gasteiger partial charge in [0.2, 0.25) is 0 Å². The fourth-order valence-electron chi connectivity index (χ4n) is 3.89. The number of nitrogens with zero attached hydrogens (tertiary/aromatic N) is 1. The number of hydrogen-bond donors (Lipinski definition) is 1. The Morgan fingerprint density at radius 2 is 1.96 bits per heavy atom. The number of amides is 1. The van der Waals surface area contributed by atoms with Crippen molar-refractivity contribution in [3.63, 3.8) is 0 Å². The molecule has 4 heterocycles. The smallest absolute Gasteiger partial charge is 0.251 e. The molecule has 24 heavy (non-hydrogen) atoms. The van der Waals surface area contributed by atoms with E-state index in [9.17, 15) is 4.79 Å². The second-order valence-corrected chi connectivity index (χ2v) is 7.58. The molecular weight excluding hydrogens is 320 g/mol. The third kappa shape index (κ3) is 3.06. The third-order valence-corrected chi connectivity index (χ3v) is 6.05. The predicted octanol–water partition coefficient (Wildman–Crippen LogP) is 3.75. The van der Waals surface area contributed by atoms with Crippen molar-refractivity contribution in [2.45, 2.75) is 31.8 Å². The van der Waals surface area contributed by atoms with Crippen LogP contribution in [0.2, 0.25) is 0 Å².